The summed E-state index contributed by atoms with van der Waals surface area (Å²) in [5, 5.41) is 0.779. The summed E-state index contributed by atoms with van der Waals surface area (Å²) in [6.45, 7) is 5.05. The van der Waals surface area contributed by atoms with Gasteiger partial charge >= 0.3 is 0 Å². The second-order valence-electron chi connectivity index (χ2n) is 4.47. The van der Waals surface area contributed by atoms with Gasteiger partial charge in [0.05, 0.1) is 0 Å². The van der Waals surface area contributed by atoms with Crippen molar-refractivity contribution < 1.29 is 19.2 Å². The molecule has 0 aromatic heterocycles. The van der Waals surface area contributed by atoms with E-state index in [1.165, 1.54) is 25.1 Å². The number of hydrogen-bond acceptors (Lipinski definition) is 4. The van der Waals surface area contributed by atoms with Crippen molar-refractivity contribution in [1.82, 2.24) is 0 Å². The minimum Gasteiger partial charge on any atom is -0.285 e. The van der Waals surface area contributed by atoms with E-state index in [2.05, 4.69) is 6.58 Å². The fourth-order valence-electron chi connectivity index (χ4n) is 2.61. The van der Waals surface area contributed by atoms with Crippen LogP contribution in [0.2, 0.25) is 0 Å². The van der Waals surface area contributed by atoms with Crippen LogP contribution in [0.1, 0.15) is 27.6 Å². The van der Waals surface area contributed by atoms with Crippen LogP contribution in [-0.2, 0) is 9.59 Å². The average Bonchev–Trinajstić information content (AvgIpc) is 2.78. The number of carbonyl (C=O) groups excluding carboxylic acids is 4. The predicted molar refractivity (Wildman–Crippen MR) is 67.1 cm³/mol. The van der Waals surface area contributed by atoms with E-state index in [-0.39, 0.29) is 22.3 Å². The molecule has 0 amide bonds. The van der Waals surface area contributed by atoms with Crippen LogP contribution in [0.15, 0.2) is 24.8 Å². The first kappa shape index (κ1) is 11.5. The normalized spacial score (nSPS) is 17.1. The summed E-state index contributed by atoms with van der Waals surface area (Å²) in [4.78, 5) is 47.2. The molecule has 0 atom stereocenters. The number of rotatable bonds is 1. The summed E-state index contributed by atoms with van der Waals surface area (Å²) < 4.78 is 0. The van der Waals surface area contributed by atoms with E-state index >= 15 is 0 Å². The Kier molecular flexibility index (Phi) is 2.08. The number of Topliss-reactive ketones (excluding diaryl/α,β-unsaturated/α-hetero) is 4. The predicted octanol–water partition coefficient (Wildman–Crippen LogP) is -0.275. The van der Waals surface area contributed by atoms with Gasteiger partial charge in [-0.3, -0.25) is 19.2 Å². The first-order valence-corrected chi connectivity index (χ1v) is 5.67. The lowest BCUT2D eigenvalue weighted by Gasteiger charge is -1.95. The highest BCUT2D eigenvalue weighted by atomic mass is 16.2. The standard InChI is InChI=1S/C15H8O4/c1-3-7-11-9(15(19)13(7)17)5-4-8-10(11)6(2)12(16)14(8)18/h3-5H,1H2,2H3. The molecular formula is C15H8O4. The third-order valence-electron chi connectivity index (χ3n) is 3.54. The van der Waals surface area contributed by atoms with E-state index in [0.717, 1.165) is 0 Å². The molecule has 1 aromatic rings. The quantitative estimate of drug-likeness (QED) is 0.645. The SMILES string of the molecule is C=CC1=c2c(ccc3c2=C(C)C(=O)C3=O)C(=O)C1=O. The molecule has 0 fully saturated rings. The summed E-state index contributed by atoms with van der Waals surface area (Å²) in [5.74, 6) is -2.44. The summed E-state index contributed by atoms with van der Waals surface area (Å²) in [7, 11) is 0. The monoisotopic (exact) mass is 252 g/mol. The maximum atomic E-state index is 11.8. The maximum Gasteiger partial charge on any atom is 0.234 e. The summed E-state index contributed by atoms with van der Waals surface area (Å²) >= 11 is 0. The lowest BCUT2D eigenvalue weighted by molar-refractivity contribution is -0.110. The van der Waals surface area contributed by atoms with Gasteiger partial charge in [0, 0.05) is 32.7 Å². The maximum absolute atomic E-state index is 11.8. The number of fused-ring (bicyclic) bond motifs is 3. The molecule has 2 aliphatic carbocycles. The lowest BCUT2D eigenvalue weighted by Crippen LogP contribution is -2.31. The zero-order valence-electron chi connectivity index (χ0n) is 10.1. The third kappa shape index (κ3) is 1.18. The van der Waals surface area contributed by atoms with Crippen molar-refractivity contribution in [3.8, 4) is 0 Å². The van der Waals surface area contributed by atoms with Crippen LogP contribution in [0, 0.1) is 0 Å². The minimum atomic E-state index is -0.641. The molecule has 0 N–H and O–H groups in total. The van der Waals surface area contributed by atoms with Crippen molar-refractivity contribution in [2.75, 3.05) is 0 Å². The highest BCUT2D eigenvalue weighted by molar-refractivity contribution is 6.62. The largest absolute Gasteiger partial charge is 0.285 e. The van der Waals surface area contributed by atoms with Crippen LogP contribution in [0.5, 0.6) is 0 Å². The topological polar surface area (TPSA) is 68.3 Å². The first-order chi connectivity index (χ1) is 8.99. The van der Waals surface area contributed by atoms with Crippen LogP contribution in [0.4, 0.5) is 0 Å². The van der Waals surface area contributed by atoms with E-state index in [4.69, 9.17) is 0 Å². The van der Waals surface area contributed by atoms with Gasteiger partial charge in [-0.25, -0.2) is 0 Å². The number of hydrogen-bond donors (Lipinski definition) is 0. The van der Waals surface area contributed by atoms with Crippen LogP contribution in [-0.4, -0.2) is 23.1 Å². The molecule has 0 saturated heterocycles. The first-order valence-electron chi connectivity index (χ1n) is 5.67. The fourth-order valence-corrected chi connectivity index (χ4v) is 2.61. The molecule has 1 aromatic carbocycles. The summed E-state index contributed by atoms with van der Waals surface area (Å²) in [6.07, 6.45) is 1.30. The molecule has 4 heteroatoms. The number of benzene rings is 1. The highest BCUT2D eigenvalue weighted by Gasteiger charge is 2.34. The van der Waals surface area contributed by atoms with Crippen LogP contribution in [0.3, 0.4) is 0 Å². The molecule has 3 rings (SSSR count). The zero-order chi connectivity index (χ0) is 13.9. The van der Waals surface area contributed by atoms with Gasteiger partial charge in [-0.1, -0.05) is 12.7 Å². The van der Waals surface area contributed by atoms with Crippen molar-refractivity contribution in [2.24, 2.45) is 0 Å². The molecule has 92 valence electrons. The molecule has 4 nitrogen and oxygen atoms in total. The van der Waals surface area contributed by atoms with Gasteiger partial charge < -0.3 is 0 Å². The molecule has 0 radical (unpaired) electrons. The van der Waals surface area contributed by atoms with Gasteiger partial charge in [-0.15, -0.1) is 0 Å². The van der Waals surface area contributed by atoms with Crippen molar-refractivity contribution in [2.45, 2.75) is 6.92 Å². The van der Waals surface area contributed by atoms with Crippen molar-refractivity contribution in [1.29, 1.82) is 0 Å². The van der Waals surface area contributed by atoms with Crippen LogP contribution in [0.25, 0.3) is 11.1 Å². The Morgan fingerprint density at radius 1 is 0.842 bits per heavy atom. The third-order valence-corrected chi connectivity index (χ3v) is 3.54. The van der Waals surface area contributed by atoms with Gasteiger partial charge in [0.1, 0.15) is 0 Å². The molecule has 0 heterocycles. The van der Waals surface area contributed by atoms with Gasteiger partial charge in [0.25, 0.3) is 0 Å². The fraction of sp³-hybridized carbons (Fsp3) is 0.0667. The van der Waals surface area contributed by atoms with E-state index < -0.39 is 23.1 Å². The molecule has 19 heavy (non-hydrogen) atoms. The smallest absolute Gasteiger partial charge is 0.234 e. The highest BCUT2D eigenvalue weighted by Crippen LogP contribution is 2.15. The Morgan fingerprint density at radius 3 is 1.95 bits per heavy atom. The molecule has 0 unspecified atom stereocenters. The molecule has 0 saturated carbocycles. The van der Waals surface area contributed by atoms with Gasteiger partial charge in [0.2, 0.25) is 23.1 Å². The molecule has 0 aliphatic heterocycles. The zero-order valence-corrected chi connectivity index (χ0v) is 10.1. The number of carbonyl (C=O) groups is 4. The molecule has 2 aliphatic rings. The van der Waals surface area contributed by atoms with E-state index in [1.807, 2.05) is 0 Å². The molecule has 0 spiro atoms. The van der Waals surface area contributed by atoms with Crippen LogP contribution < -0.4 is 10.4 Å². The molecule has 0 bridgehead atoms. The Bertz CT molecular complexity index is 853. The second kappa shape index (κ2) is 3.45. The van der Waals surface area contributed by atoms with Crippen molar-refractivity contribution >= 4 is 34.3 Å². The van der Waals surface area contributed by atoms with Gasteiger partial charge in [0.15, 0.2) is 0 Å². The molecular weight excluding hydrogens is 244 g/mol. The Labute approximate surface area is 107 Å². The Hall–Kier alpha value is -2.62. The van der Waals surface area contributed by atoms with Crippen molar-refractivity contribution in [3.63, 3.8) is 0 Å². The Balaban J connectivity index is 2.68. The van der Waals surface area contributed by atoms with Gasteiger partial charge in [-0.2, -0.15) is 0 Å². The van der Waals surface area contributed by atoms with Crippen LogP contribution >= 0.6 is 0 Å². The summed E-state index contributed by atoms with van der Waals surface area (Å²) in [6, 6.07) is 2.86. The Morgan fingerprint density at radius 2 is 1.37 bits per heavy atom. The number of ketones is 4. The average molecular weight is 252 g/mol. The van der Waals surface area contributed by atoms with Crippen molar-refractivity contribution in [3.05, 3.63) is 46.4 Å². The summed E-state index contributed by atoms with van der Waals surface area (Å²) in [5.41, 5.74) is 0.931. The minimum absolute atomic E-state index is 0.165. The van der Waals surface area contributed by atoms with E-state index in [0.29, 0.717) is 10.4 Å². The lowest BCUT2D eigenvalue weighted by atomic mass is 10.1. The number of allylic oxidation sites excluding steroid dienone is 1. The van der Waals surface area contributed by atoms with E-state index in [1.54, 1.807) is 0 Å². The van der Waals surface area contributed by atoms with Gasteiger partial charge in [-0.05, 0) is 19.1 Å². The van der Waals surface area contributed by atoms with E-state index in [9.17, 15) is 19.2 Å². The second-order valence-corrected chi connectivity index (χ2v) is 4.47.